The zero-order chi connectivity index (χ0) is 26.9. The number of rotatable bonds is 12. The molecule has 2 aromatic rings. The summed E-state index contributed by atoms with van der Waals surface area (Å²) in [5.41, 5.74) is 0.434. The van der Waals surface area contributed by atoms with Crippen molar-refractivity contribution in [2.24, 2.45) is 0 Å². The van der Waals surface area contributed by atoms with Gasteiger partial charge >= 0.3 is 0 Å². The quantitative estimate of drug-likeness (QED) is 0.462. The molecule has 2 aromatic carbocycles. The highest BCUT2D eigenvalue weighted by Gasteiger charge is 2.30. The van der Waals surface area contributed by atoms with Gasteiger partial charge in [0.2, 0.25) is 21.8 Å². The van der Waals surface area contributed by atoms with Crippen LogP contribution in [-0.4, -0.2) is 61.7 Å². The summed E-state index contributed by atoms with van der Waals surface area (Å²) in [4.78, 5) is 28.3. The van der Waals surface area contributed by atoms with Crippen molar-refractivity contribution in [1.29, 1.82) is 0 Å². The number of carbonyl (C=O) groups excluding carboxylic acids is 2. The van der Waals surface area contributed by atoms with Crippen molar-refractivity contribution in [3.63, 3.8) is 0 Å². The van der Waals surface area contributed by atoms with Crippen LogP contribution in [0.2, 0.25) is 0 Å². The number of amides is 2. The largest absolute Gasteiger partial charge is 0.497 e. The van der Waals surface area contributed by atoms with Gasteiger partial charge in [0.25, 0.3) is 0 Å². The fraction of sp³-hybridized carbons (Fsp3) is 0.481. The Morgan fingerprint density at radius 3 is 2.17 bits per heavy atom. The molecule has 2 amide bonds. The summed E-state index contributed by atoms with van der Waals surface area (Å²) in [5, 5.41) is 2.98. The van der Waals surface area contributed by atoms with Crippen LogP contribution < -0.4 is 10.1 Å². The van der Waals surface area contributed by atoms with E-state index in [0.717, 1.165) is 5.56 Å². The Kier molecular flexibility index (Phi) is 10.5. The van der Waals surface area contributed by atoms with Gasteiger partial charge in [-0.2, -0.15) is 0 Å². The van der Waals surface area contributed by atoms with Crippen LogP contribution in [0.25, 0.3) is 0 Å². The second-order valence-electron chi connectivity index (χ2n) is 9.78. The predicted molar refractivity (Wildman–Crippen MR) is 141 cm³/mol. The fourth-order valence-electron chi connectivity index (χ4n) is 3.79. The molecule has 0 aliphatic heterocycles. The first-order chi connectivity index (χ1) is 16.9. The van der Waals surface area contributed by atoms with Crippen molar-refractivity contribution in [3.8, 4) is 5.75 Å². The molecule has 0 aliphatic rings. The molecular weight excluding hydrogens is 478 g/mol. The number of hydrogen-bond acceptors (Lipinski definition) is 5. The zero-order valence-electron chi connectivity index (χ0n) is 22.2. The van der Waals surface area contributed by atoms with Gasteiger partial charge in [0.1, 0.15) is 11.8 Å². The van der Waals surface area contributed by atoms with E-state index in [4.69, 9.17) is 4.74 Å². The Bertz CT molecular complexity index is 1100. The lowest BCUT2D eigenvalue weighted by atomic mass is 10.0. The van der Waals surface area contributed by atoms with E-state index in [-0.39, 0.29) is 36.2 Å². The molecule has 0 saturated heterocycles. The van der Waals surface area contributed by atoms with Gasteiger partial charge in [0, 0.05) is 32.1 Å². The van der Waals surface area contributed by atoms with Crippen LogP contribution >= 0.6 is 0 Å². The van der Waals surface area contributed by atoms with E-state index in [1.165, 1.54) is 11.4 Å². The molecule has 0 spiro atoms. The molecule has 0 radical (unpaired) electrons. The minimum atomic E-state index is -3.63. The normalized spacial score (nSPS) is 12.8. The molecule has 0 saturated carbocycles. The first-order valence-electron chi connectivity index (χ1n) is 12.1. The van der Waals surface area contributed by atoms with E-state index >= 15 is 0 Å². The molecule has 0 aromatic heterocycles. The van der Waals surface area contributed by atoms with E-state index in [2.05, 4.69) is 5.32 Å². The van der Waals surface area contributed by atoms with Gasteiger partial charge in [-0.1, -0.05) is 37.3 Å². The van der Waals surface area contributed by atoms with E-state index < -0.39 is 21.6 Å². The van der Waals surface area contributed by atoms with Crippen molar-refractivity contribution in [2.45, 2.75) is 70.0 Å². The lowest BCUT2D eigenvalue weighted by Gasteiger charge is -2.33. The topological polar surface area (TPSA) is 96.0 Å². The summed E-state index contributed by atoms with van der Waals surface area (Å²) in [6.45, 7) is 8.02. The number of nitrogens with zero attached hydrogens (tertiary/aromatic N) is 2. The highest BCUT2D eigenvalue weighted by atomic mass is 32.2. The summed E-state index contributed by atoms with van der Waals surface area (Å²) >= 11 is 0. The Hall–Kier alpha value is -2.91. The van der Waals surface area contributed by atoms with Gasteiger partial charge in [-0.3, -0.25) is 9.59 Å². The Morgan fingerprint density at radius 2 is 1.64 bits per heavy atom. The smallest absolute Gasteiger partial charge is 0.243 e. The summed E-state index contributed by atoms with van der Waals surface area (Å²) < 4.78 is 32.0. The lowest BCUT2D eigenvalue weighted by molar-refractivity contribution is -0.142. The van der Waals surface area contributed by atoms with Crippen LogP contribution in [0.15, 0.2) is 59.5 Å². The molecule has 0 unspecified atom stereocenters. The van der Waals surface area contributed by atoms with Crippen LogP contribution in [0.1, 0.15) is 52.5 Å². The monoisotopic (exact) mass is 517 g/mol. The van der Waals surface area contributed by atoms with Crippen molar-refractivity contribution < 1.29 is 22.7 Å². The summed E-state index contributed by atoms with van der Waals surface area (Å²) in [7, 11) is -0.540. The van der Waals surface area contributed by atoms with Gasteiger partial charge in [-0.25, -0.2) is 12.7 Å². The standard InChI is InChI=1S/C27H39N3O5S/c1-7-24(26(32)28-27(2,3)4)30(20-21-15-17-22(35-6)18-16-21)25(31)14-11-19-29(5)36(33,34)23-12-9-8-10-13-23/h8-10,12-13,15-18,24H,7,11,14,19-20H2,1-6H3,(H,28,32)/t24-/m1/s1. The second kappa shape index (κ2) is 12.9. The van der Waals surface area contributed by atoms with Crippen molar-refractivity contribution in [2.75, 3.05) is 20.7 Å². The molecule has 0 heterocycles. The second-order valence-corrected chi connectivity index (χ2v) is 11.8. The average molecular weight is 518 g/mol. The minimum absolute atomic E-state index is 0.115. The summed E-state index contributed by atoms with van der Waals surface area (Å²) in [6.07, 6.45) is 0.897. The van der Waals surface area contributed by atoms with Gasteiger partial charge in [0.15, 0.2) is 0 Å². The molecule has 0 bridgehead atoms. The molecule has 198 valence electrons. The fourth-order valence-corrected chi connectivity index (χ4v) is 5.02. The number of sulfonamides is 1. The molecule has 9 heteroatoms. The Labute approximate surface area is 215 Å². The molecule has 8 nitrogen and oxygen atoms in total. The van der Waals surface area contributed by atoms with Crippen LogP contribution in [-0.2, 0) is 26.2 Å². The molecule has 0 fully saturated rings. The maximum atomic E-state index is 13.4. The molecule has 2 rings (SSSR count). The molecule has 0 aliphatic carbocycles. The number of hydrogen-bond donors (Lipinski definition) is 1. The third kappa shape index (κ3) is 8.34. The molecule has 36 heavy (non-hydrogen) atoms. The zero-order valence-corrected chi connectivity index (χ0v) is 23.0. The first kappa shape index (κ1) is 29.3. The van der Waals surface area contributed by atoms with Gasteiger partial charge in [0.05, 0.1) is 12.0 Å². The van der Waals surface area contributed by atoms with Crippen molar-refractivity contribution in [1.82, 2.24) is 14.5 Å². The number of nitrogens with one attached hydrogen (secondary N) is 1. The summed E-state index contributed by atoms with van der Waals surface area (Å²) in [5.74, 6) is 0.291. The van der Waals surface area contributed by atoms with Crippen molar-refractivity contribution >= 4 is 21.8 Å². The van der Waals surface area contributed by atoms with Crippen LogP contribution in [0.4, 0.5) is 0 Å². The van der Waals surface area contributed by atoms with Crippen molar-refractivity contribution in [3.05, 3.63) is 60.2 Å². The summed E-state index contributed by atoms with van der Waals surface area (Å²) in [6, 6.07) is 14.9. The lowest BCUT2D eigenvalue weighted by Crippen LogP contribution is -2.53. The third-order valence-corrected chi connectivity index (χ3v) is 7.58. The van der Waals surface area contributed by atoms with E-state index in [9.17, 15) is 18.0 Å². The Balaban J connectivity index is 2.16. The van der Waals surface area contributed by atoms with Crippen LogP contribution in [0.5, 0.6) is 5.75 Å². The number of carbonyl (C=O) groups is 2. The molecule has 1 atom stereocenters. The SMILES string of the molecule is CC[C@H](C(=O)NC(C)(C)C)N(Cc1ccc(OC)cc1)C(=O)CCCN(C)S(=O)(=O)c1ccccc1. The highest BCUT2D eigenvalue weighted by molar-refractivity contribution is 7.89. The minimum Gasteiger partial charge on any atom is -0.497 e. The maximum Gasteiger partial charge on any atom is 0.243 e. The van der Waals surface area contributed by atoms with Crippen LogP contribution in [0, 0.1) is 0 Å². The van der Waals surface area contributed by atoms with Gasteiger partial charge < -0.3 is 15.0 Å². The Morgan fingerprint density at radius 1 is 1.03 bits per heavy atom. The average Bonchev–Trinajstić information content (AvgIpc) is 2.83. The number of methoxy groups -OCH3 is 1. The van der Waals surface area contributed by atoms with Crippen LogP contribution in [0.3, 0.4) is 0 Å². The highest BCUT2D eigenvalue weighted by Crippen LogP contribution is 2.19. The third-order valence-electron chi connectivity index (χ3n) is 5.71. The van der Waals surface area contributed by atoms with Gasteiger partial charge in [-0.15, -0.1) is 0 Å². The maximum absolute atomic E-state index is 13.4. The van der Waals surface area contributed by atoms with Gasteiger partial charge in [-0.05, 0) is 63.4 Å². The number of benzene rings is 2. The van der Waals surface area contributed by atoms with E-state index in [1.807, 2.05) is 52.0 Å². The predicted octanol–water partition coefficient (Wildman–Crippen LogP) is 3.82. The van der Waals surface area contributed by atoms with E-state index in [0.29, 0.717) is 18.6 Å². The molecular formula is C27H39N3O5S. The number of ether oxygens (including phenoxy) is 1. The first-order valence-corrected chi connectivity index (χ1v) is 13.6. The van der Waals surface area contributed by atoms with E-state index in [1.54, 1.807) is 42.3 Å². The molecule has 1 N–H and O–H groups in total.